The van der Waals surface area contributed by atoms with Crippen molar-refractivity contribution in [1.29, 1.82) is 0 Å². The van der Waals surface area contributed by atoms with Gasteiger partial charge in [0.15, 0.2) is 0 Å². The van der Waals surface area contributed by atoms with Gasteiger partial charge < -0.3 is 15.5 Å². The Morgan fingerprint density at radius 1 is 1.00 bits per heavy atom. The van der Waals surface area contributed by atoms with Crippen molar-refractivity contribution >= 4 is 40.2 Å². The van der Waals surface area contributed by atoms with Crippen LogP contribution in [-0.2, 0) is 26.5 Å². The van der Waals surface area contributed by atoms with E-state index in [1.54, 1.807) is 11.8 Å². The normalized spacial score (nSPS) is 20.0. The average Bonchev–Trinajstić information content (AvgIpc) is 3.39. The molecule has 5 rings (SSSR count). The molecule has 5 amide bonds. The Kier molecular flexibility index (Phi) is 5.72. The van der Waals surface area contributed by atoms with Crippen molar-refractivity contribution in [3.63, 3.8) is 0 Å². The summed E-state index contributed by atoms with van der Waals surface area (Å²) < 4.78 is 0. The third kappa shape index (κ3) is 4.23. The zero-order valence-corrected chi connectivity index (χ0v) is 19.4. The van der Waals surface area contributed by atoms with Crippen molar-refractivity contribution in [3.05, 3.63) is 77.9 Å². The minimum atomic E-state index is -1.25. The van der Waals surface area contributed by atoms with Gasteiger partial charge in [-0.2, -0.15) is 0 Å². The molecule has 2 fully saturated rings. The number of anilines is 1. The molecule has 2 aliphatic rings. The molecule has 2 aliphatic heterocycles. The fourth-order valence-electron chi connectivity index (χ4n) is 4.65. The number of carbonyl (C=O) groups is 4. The molecular formula is C27H26N4O4. The van der Waals surface area contributed by atoms with Gasteiger partial charge in [-0.3, -0.25) is 19.3 Å². The Morgan fingerprint density at radius 2 is 1.74 bits per heavy atom. The number of nitrogens with one attached hydrogen (secondary N) is 2. The number of imide groups is 1. The lowest BCUT2D eigenvalue weighted by molar-refractivity contribution is -0.134. The maximum Gasteiger partial charge on any atom is 0.325 e. The molecular weight excluding hydrogens is 444 g/mol. The van der Waals surface area contributed by atoms with E-state index >= 15 is 0 Å². The van der Waals surface area contributed by atoms with Crippen molar-refractivity contribution in [2.24, 2.45) is 0 Å². The molecule has 178 valence electrons. The van der Waals surface area contributed by atoms with Crippen LogP contribution in [0.15, 0.2) is 66.7 Å². The van der Waals surface area contributed by atoms with Crippen LogP contribution in [-0.4, -0.2) is 41.7 Å². The molecule has 2 heterocycles. The van der Waals surface area contributed by atoms with Gasteiger partial charge in [-0.1, -0.05) is 48.5 Å². The topological polar surface area (TPSA) is 98.8 Å². The molecule has 3 aromatic rings. The number of hydrogen-bond donors (Lipinski definition) is 2. The number of hydrogen-bond acceptors (Lipinski definition) is 4. The van der Waals surface area contributed by atoms with Gasteiger partial charge in [0.1, 0.15) is 12.1 Å². The first-order valence-corrected chi connectivity index (χ1v) is 11.6. The van der Waals surface area contributed by atoms with Crippen LogP contribution in [0.4, 0.5) is 10.5 Å². The van der Waals surface area contributed by atoms with Gasteiger partial charge in [0, 0.05) is 25.2 Å². The van der Waals surface area contributed by atoms with Gasteiger partial charge in [-0.15, -0.1) is 0 Å². The van der Waals surface area contributed by atoms with Crippen LogP contribution >= 0.6 is 0 Å². The number of amides is 5. The third-order valence-corrected chi connectivity index (χ3v) is 6.71. The molecule has 0 spiro atoms. The van der Waals surface area contributed by atoms with Crippen LogP contribution in [0.2, 0.25) is 0 Å². The first kappa shape index (κ1) is 22.6. The minimum Gasteiger partial charge on any atom is -0.350 e. The van der Waals surface area contributed by atoms with E-state index in [0.29, 0.717) is 12.0 Å². The summed E-state index contributed by atoms with van der Waals surface area (Å²) in [5.74, 6) is -0.780. The van der Waals surface area contributed by atoms with Crippen LogP contribution in [0, 0.1) is 0 Å². The lowest BCUT2D eigenvalue weighted by Crippen LogP contribution is -2.43. The highest BCUT2D eigenvalue weighted by atomic mass is 16.2. The Hall–Kier alpha value is -4.20. The summed E-state index contributed by atoms with van der Waals surface area (Å²) in [6, 6.07) is 20.2. The standard InChI is InChI=1S/C27H26N4O4/c1-27(21-11-10-19-5-2-3-6-20(19)15-21)25(34)31(26(35)29-27)17-23(32)28-16-18-8-12-22(13-9-18)30-14-4-7-24(30)33/h2-3,5-6,8-13,15H,4,7,14,16-17H2,1H3,(H,28,32)(H,29,35)/t27-/m0/s1. The Labute approximate surface area is 202 Å². The van der Waals surface area contributed by atoms with E-state index in [9.17, 15) is 19.2 Å². The molecule has 8 heteroatoms. The second-order valence-electron chi connectivity index (χ2n) is 9.10. The first-order chi connectivity index (χ1) is 16.8. The number of fused-ring (bicyclic) bond motifs is 1. The monoisotopic (exact) mass is 470 g/mol. The maximum atomic E-state index is 13.2. The van der Waals surface area contributed by atoms with E-state index in [2.05, 4.69) is 10.6 Å². The predicted octanol–water partition coefficient (Wildman–Crippen LogP) is 3.05. The molecule has 0 aliphatic carbocycles. The average molecular weight is 471 g/mol. The number of carbonyl (C=O) groups excluding carboxylic acids is 4. The number of nitrogens with zero attached hydrogens (tertiary/aromatic N) is 2. The molecule has 3 aromatic carbocycles. The molecule has 0 aromatic heterocycles. The highest BCUT2D eigenvalue weighted by Crippen LogP contribution is 2.31. The van der Waals surface area contributed by atoms with Crippen molar-refractivity contribution in [1.82, 2.24) is 15.5 Å². The summed E-state index contributed by atoms with van der Waals surface area (Å²) >= 11 is 0. The maximum absolute atomic E-state index is 13.2. The fourth-order valence-corrected chi connectivity index (χ4v) is 4.65. The lowest BCUT2D eigenvalue weighted by atomic mass is 9.90. The second kappa shape index (κ2) is 8.87. The van der Waals surface area contributed by atoms with E-state index in [0.717, 1.165) is 39.9 Å². The van der Waals surface area contributed by atoms with Gasteiger partial charge in [0.25, 0.3) is 5.91 Å². The molecule has 0 unspecified atom stereocenters. The molecule has 0 radical (unpaired) electrons. The number of urea groups is 1. The predicted molar refractivity (Wildman–Crippen MR) is 131 cm³/mol. The van der Waals surface area contributed by atoms with Gasteiger partial charge in [0.2, 0.25) is 11.8 Å². The van der Waals surface area contributed by atoms with Crippen LogP contribution < -0.4 is 15.5 Å². The minimum absolute atomic E-state index is 0.121. The van der Waals surface area contributed by atoms with Crippen LogP contribution in [0.3, 0.4) is 0 Å². The highest BCUT2D eigenvalue weighted by Gasteiger charge is 2.49. The largest absolute Gasteiger partial charge is 0.350 e. The molecule has 0 saturated carbocycles. The van der Waals surface area contributed by atoms with Gasteiger partial charge in [0.05, 0.1) is 0 Å². The SMILES string of the molecule is C[C@@]1(c2ccc3ccccc3c2)NC(=O)N(CC(=O)NCc2ccc(N3CCCC3=O)cc2)C1=O. The summed E-state index contributed by atoms with van der Waals surface area (Å²) in [5, 5.41) is 7.51. The summed E-state index contributed by atoms with van der Waals surface area (Å²) in [6.45, 7) is 2.26. The quantitative estimate of drug-likeness (QED) is 0.541. The Balaban J connectivity index is 1.22. The Bertz CT molecular complexity index is 1340. The van der Waals surface area contributed by atoms with Crippen LogP contribution in [0.5, 0.6) is 0 Å². The number of benzene rings is 3. The molecule has 8 nitrogen and oxygen atoms in total. The van der Waals surface area contributed by atoms with Crippen molar-refractivity contribution in [3.8, 4) is 0 Å². The van der Waals surface area contributed by atoms with Crippen LogP contribution in [0.1, 0.15) is 30.9 Å². The van der Waals surface area contributed by atoms with Crippen LogP contribution in [0.25, 0.3) is 10.8 Å². The fraction of sp³-hybridized carbons (Fsp3) is 0.259. The van der Waals surface area contributed by atoms with E-state index in [4.69, 9.17) is 0 Å². The van der Waals surface area contributed by atoms with E-state index in [1.165, 1.54) is 0 Å². The summed E-state index contributed by atoms with van der Waals surface area (Å²) in [4.78, 5) is 53.0. The summed E-state index contributed by atoms with van der Waals surface area (Å²) in [6.07, 6.45) is 1.43. The number of rotatable bonds is 6. The van der Waals surface area contributed by atoms with Crippen molar-refractivity contribution in [2.45, 2.75) is 31.8 Å². The third-order valence-electron chi connectivity index (χ3n) is 6.71. The summed E-state index contributed by atoms with van der Waals surface area (Å²) in [7, 11) is 0. The van der Waals surface area contributed by atoms with E-state index in [-0.39, 0.29) is 19.0 Å². The molecule has 35 heavy (non-hydrogen) atoms. The smallest absolute Gasteiger partial charge is 0.325 e. The molecule has 2 saturated heterocycles. The van der Waals surface area contributed by atoms with Gasteiger partial charge in [-0.05, 0) is 53.4 Å². The zero-order valence-electron chi connectivity index (χ0n) is 19.4. The van der Waals surface area contributed by atoms with Gasteiger partial charge >= 0.3 is 6.03 Å². The van der Waals surface area contributed by atoms with E-state index < -0.39 is 23.4 Å². The highest BCUT2D eigenvalue weighted by molar-refractivity contribution is 6.09. The first-order valence-electron chi connectivity index (χ1n) is 11.6. The van der Waals surface area contributed by atoms with Crippen molar-refractivity contribution < 1.29 is 19.2 Å². The van der Waals surface area contributed by atoms with Crippen molar-refractivity contribution in [2.75, 3.05) is 18.0 Å². The lowest BCUT2D eigenvalue weighted by Gasteiger charge is -2.22. The Morgan fingerprint density at radius 3 is 2.46 bits per heavy atom. The molecule has 1 atom stereocenters. The molecule has 2 N–H and O–H groups in total. The van der Waals surface area contributed by atoms with E-state index in [1.807, 2.05) is 66.7 Å². The van der Waals surface area contributed by atoms with Gasteiger partial charge in [-0.25, -0.2) is 4.79 Å². The second-order valence-corrected chi connectivity index (χ2v) is 9.10. The zero-order chi connectivity index (χ0) is 24.6. The summed E-state index contributed by atoms with van der Waals surface area (Å²) in [5.41, 5.74) is 1.11. The molecule has 0 bridgehead atoms.